The highest BCUT2D eigenvalue weighted by Crippen LogP contribution is 2.43. The van der Waals surface area contributed by atoms with E-state index < -0.39 is 0 Å². The van der Waals surface area contributed by atoms with Crippen molar-refractivity contribution in [2.45, 2.75) is 44.9 Å². The highest BCUT2D eigenvalue weighted by atomic mass is 16.3. The van der Waals surface area contributed by atoms with Gasteiger partial charge in [0.2, 0.25) is 0 Å². The third-order valence-electron chi connectivity index (χ3n) is 3.81. The summed E-state index contributed by atoms with van der Waals surface area (Å²) in [5, 5.41) is 19.0. The van der Waals surface area contributed by atoms with Crippen LogP contribution in [0.2, 0.25) is 0 Å². The molecule has 0 saturated carbocycles. The summed E-state index contributed by atoms with van der Waals surface area (Å²) >= 11 is 0. The van der Waals surface area contributed by atoms with Crippen molar-refractivity contribution in [1.29, 1.82) is 0 Å². The molecule has 2 N–H and O–H groups in total. The molecule has 0 saturated heterocycles. The summed E-state index contributed by atoms with van der Waals surface area (Å²) < 4.78 is 0. The van der Waals surface area contributed by atoms with E-state index in [1.807, 2.05) is 0 Å². The van der Waals surface area contributed by atoms with Gasteiger partial charge in [0.05, 0.1) is 0 Å². The van der Waals surface area contributed by atoms with Gasteiger partial charge in [0.15, 0.2) is 11.5 Å². The van der Waals surface area contributed by atoms with Crippen molar-refractivity contribution >= 4 is 0 Å². The minimum atomic E-state index is 0.00843. The van der Waals surface area contributed by atoms with E-state index in [-0.39, 0.29) is 16.9 Å². The summed E-state index contributed by atoms with van der Waals surface area (Å²) in [7, 11) is 0. The third kappa shape index (κ3) is 1.58. The number of benzene rings is 1. The number of aryl methyl sites for hydroxylation is 1. The van der Waals surface area contributed by atoms with Crippen LogP contribution in [0.25, 0.3) is 0 Å². The first-order chi connectivity index (χ1) is 7.07. The van der Waals surface area contributed by atoms with Crippen molar-refractivity contribution in [3.63, 3.8) is 0 Å². The predicted octanol–water partition coefficient (Wildman–Crippen LogP) is 3.10. The number of aromatic hydroxyl groups is 2. The first-order valence-electron chi connectivity index (χ1n) is 5.62. The molecule has 0 amide bonds. The average Bonchev–Trinajstić information content (AvgIpc) is 2.22. The zero-order valence-electron chi connectivity index (χ0n) is 9.38. The molecule has 1 aliphatic rings. The van der Waals surface area contributed by atoms with E-state index in [0.717, 1.165) is 12.8 Å². The van der Waals surface area contributed by atoms with Crippen LogP contribution in [0.4, 0.5) is 0 Å². The van der Waals surface area contributed by atoms with Crippen LogP contribution in [0.15, 0.2) is 12.1 Å². The van der Waals surface area contributed by atoms with Crippen molar-refractivity contribution in [2.75, 3.05) is 0 Å². The van der Waals surface area contributed by atoms with E-state index in [9.17, 15) is 10.2 Å². The summed E-state index contributed by atoms with van der Waals surface area (Å²) in [6, 6.07) is 3.46. The first-order valence-corrected chi connectivity index (χ1v) is 5.62. The van der Waals surface area contributed by atoms with Gasteiger partial charge in [0.1, 0.15) is 0 Å². The number of rotatable bonds is 1. The molecule has 1 aromatic carbocycles. The molecular formula is C13H18O2. The minimum Gasteiger partial charge on any atom is -0.504 e. The van der Waals surface area contributed by atoms with Gasteiger partial charge in [-0.1, -0.05) is 13.8 Å². The van der Waals surface area contributed by atoms with Gasteiger partial charge in [-0.05, 0) is 54.4 Å². The molecule has 1 unspecified atom stereocenters. The Hall–Kier alpha value is -1.18. The summed E-state index contributed by atoms with van der Waals surface area (Å²) in [5.41, 5.74) is 2.58. The Bertz CT molecular complexity index is 384. The third-order valence-corrected chi connectivity index (χ3v) is 3.81. The highest BCUT2D eigenvalue weighted by molar-refractivity contribution is 5.49. The molecule has 1 aliphatic carbocycles. The van der Waals surface area contributed by atoms with Crippen molar-refractivity contribution in [2.24, 2.45) is 0 Å². The lowest BCUT2D eigenvalue weighted by Crippen LogP contribution is -2.26. The summed E-state index contributed by atoms with van der Waals surface area (Å²) in [5.74, 6) is 0.0180. The van der Waals surface area contributed by atoms with Gasteiger partial charge in [-0.25, -0.2) is 0 Å². The van der Waals surface area contributed by atoms with Gasteiger partial charge in [0.25, 0.3) is 0 Å². The van der Waals surface area contributed by atoms with E-state index in [2.05, 4.69) is 13.8 Å². The first kappa shape index (κ1) is 10.3. The monoisotopic (exact) mass is 206 g/mol. The molecule has 2 nitrogen and oxygen atoms in total. The van der Waals surface area contributed by atoms with Crippen molar-refractivity contribution in [3.05, 3.63) is 23.3 Å². The second-order valence-corrected chi connectivity index (χ2v) is 4.77. The van der Waals surface area contributed by atoms with Crippen LogP contribution in [0, 0.1) is 0 Å². The smallest absolute Gasteiger partial charge is 0.157 e. The zero-order chi connectivity index (χ0) is 11.1. The van der Waals surface area contributed by atoms with Gasteiger partial charge in [-0.15, -0.1) is 0 Å². The minimum absolute atomic E-state index is 0.00843. The Kier molecular flexibility index (Phi) is 2.37. The van der Waals surface area contributed by atoms with Crippen molar-refractivity contribution < 1.29 is 10.2 Å². The quantitative estimate of drug-likeness (QED) is 0.693. The lowest BCUT2D eigenvalue weighted by atomic mass is 9.70. The standard InChI is InChI=1S/C13H18O2/c1-3-13(2)6-4-5-9-7-11(14)12(15)8-10(9)13/h7-8,14-15H,3-6H2,1-2H3. The lowest BCUT2D eigenvalue weighted by Gasteiger charge is -2.35. The van der Waals surface area contributed by atoms with Gasteiger partial charge in [-0.3, -0.25) is 0 Å². The fraction of sp³-hybridized carbons (Fsp3) is 0.538. The van der Waals surface area contributed by atoms with E-state index in [4.69, 9.17) is 0 Å². The molecule has 2 heteroatoms. The SMILES string of the molecule is CCC1(C)CCCc2cc(O)c(O)cc21. The highest BCUT2D eigenvalue weighted by Gasteiger charge is 2.31. The van der Waals surface area contributed by atoms with Crippen LogP contribution in [0.5, 0.6) is 11.5 Å². The summed E-state index contributed by atoms with van der Waals surface area (Å²) in [6.45, 7) is 4.42. The molecule has 15 heavy (non-hydrogen) atoms. The molecule has 0 spiro atoms. The van der Waals surface area contributed by atoms with Crippen LogP contribution in [0.1, 0.15) is 44.2 Å². The number of phenolic OH excluding ortho intramolecular Hbond substituents is 2. The molecule has 1 aromatic rings. The second kappa shape index (κ2) is 3.44. The van der Waals surface area contributed by atoms with Crippen LogP contribution in [0.3, 0.4) is 0 Å². The molecular weight excluding hydrogens is 188 g/mol. The summed E-state index contributed by atoms with van der Waals surface area (Å²) in [4.78, 5) is 0. The van der Waals surface area contributed by atoms with E-state index in [1.165, 1.54) is 24.0 Å². The maximum atomic E-state index is 9.55. The second-order valence-electron chi connectivity index (χ2n) is 4.77. The number of phenols is 2. The normalized spacial score (nSPS) is 24.9. The Morgan fingerprint density at radius 2 is 1.93 bits per heavy atom. The van der Waals surface area contributed by atoms with Gasteiger partial charge in [-0.2, -0.15) is 0 Å². The van der Waals surface area contributed by atoms with Crippen LogP contribution < -0.4 is 0 Å². The van der Waals surface area contributed by atoms with Gasteiger partial charge < -0.3 is 10.2 Å². The van der Waals surface area contributed by atoms with Gasteiger partial charge in [0, 0.05) is 0 Å². The molecule has 1 atom stereocenters. The van der Waals surface area contributed by atoms with Crippen LogP contribution in [-0.4, -0.2) is 10.2 Å². The Morgan fingerprint density at radius 3 is 2.60 bits per heavy atom. The Balaban J connectivity index is 2.56. The van der Waals surface area contributed by atoms with Crippen molar-refractivity contribution in [1.82, 2.24) is 0 Å². The molecule has 2 rings (SSSR count). The molecule has 82 valence electrons. The molecule has 0 radical (unpaired) electrons. The molecule has 0 fully saturated rings. The Labute approximate surface area is 90.6 Å². The summed E-state index contributed by atoms with van der Waals surface area (Å²) in [6.07, 6.45) is 4.42. The number of hydrogen-bond donors (Lipinski definition) is 2. The number of fused-ring (bicyclic) bond motifs is 1. The van der Waals surface area contributed by atoms with E-state index in [0.29, 0.717) is 0 Å². The number of hydrogen-bond acceptors (Lipinski definition) is 2. The molecule has 0 aliphatic heterocycles. The molecule has 0 bridgehead atoms. The van der Waals surface area contributed by atoms with E-state index >= 15 is 0 Å². The lowest BCUT2D eigenvalue weighted by molar-refractivity contribution is 0.367. The largest absolute Gasteiger partial charge is 0.504 e. The fourth-order valence-electron chi connectivity index (χ4n) is 2.56. The molecule has 0 aromatic heterocycles. The van der Waals surface area contributed by atoms with Crippen molar-refractivity contribution in [3.8, 4) is 11.5 Å². The Morgan fingerprint density at radius 1 is 1.27 bits per heavy atom. The van der Waals surface area contributed by atoms with E-state index in [1.54, 1.807) is 12.1 Å². The maximum absolute atomic E-state index is 9.55. The predicted molar refractivity (Wildman–Crippen MR) is 60.4 cm³/mol. The topological polar surface area (TPSA) is 40.5 Å². The maximum Gasteiger partial charge on any atom is 0.157 e. The molecule has 0 heterocycles. The van der Waals surface area contributed by atoms with Crippen LogP contribution >= 0.6 is 0 Å². The fourth-order valence-corrected chi connectivity index (χ4v) is 2.56. The van der Waals surface area contributed by atoms with Crippen LogP contribution in [-0.2, 0) is 11.8 Å². The zero-order valence-corrected chi connectivity index (χ0v) is 9.38. The van der Waals surface area contributed by atoms with Gasteiger partial charge >= 0.3 is 0 Å². The average molecular weight is 206 g/mol.